The van der Waals surface area contributed by atoms with Gasteiger partial charge in [0.15, 0.2) is 0 Å². The molecule has 4 heteroatoms. The average Bonchev–Trinajstić information content (AvgIpc) is 2.58. The van der Waals surface area contributed by atoms with Crippen molar-refractivity contribution in [3.05, 3.63) is 69.6 Å². The van der Waals surface area contributed by atoms with Crippen LogP contribution in [0.15, 0.2) is 51.7 Å². The Morgan fingerprint density at radius 2 is 1.83 bits per heavy atom. The lowest BCUT2D eigenvalue weighted by atomic mass is 10.0. The van der Waals surface area contributed by atoms with Crippen molar-refractivity contribution >= 4 is 16.7 Å². The first kappa shape index (κ1) is 16.1. The summed E-state index contributed by atoms with van der Waals surface area (Å²) in [5, 5.41) is 4.32. The van der Waals surface area contributed by atoms with Gasteiger partial charge in [-0.05, 0) is 61.7 Å². The molecule has 0 bridgehead atoms. The smallest absolute Gasteiger partial charge is 0.336 e. The molecule has 0 atom stereocenters. The summed E-state index contributed by atoms with van der Waals surface area (Å²) >= 11 is 0. The predicted octanol–water partition coefficient (Wildman–Crippen LogP) is 4.42. The first-order valence-corrected chi connectivity index (χ1v) is 8.08. The van der Waals surface area contributed by atoms with Gasteiger partial charge in [-0.3, -0.25) is 0 Å². The van der Waals surface area contributed by atoms with E-state index in [1.807, 2.05) is 51.1 Å². The van der Waals surface area contributed by atoms with Crippen LogP contribution in [0.25, 0.3) is 11.0 Å². The van der Waals surface area contributed by atoms with E-state index in [9.17, 15) is 4.79 Å². The molecule has 3 rings (SSSR count). The van der Waals surface area contributed by atoms with Crippen LogP contribution >= 0.6 is 0 Å². The molecule has 1 heterocycles. The summed E-state index contributed by atoms with van der Waals surface area (Å²) in [6.45, 7) is 7.15. The van der Waals surface area contributed by atoms with Crippen LogP contribution in [-0.4, -0.2) is 6.61 Å². The van der Waals surface area contributed by atoms with Crippen LogP contribution in [0.4, 0.5) is 5.69 Å². The van der Waals surface area contributed by atoms with Crippen molar-refractivity contribution in [1.82, 2.24) is 0 Å². The number of nitrogens with one attached hydrogen (secondary N) is 1. The summed E-state index contributed by atoms with van der Waals surface area (Å²) in [7, 11) is 0. The highest BCUT2D eigenvalue weighted by Gasteiger charge is 2.09. The van der Waals surface area contributed by atoms with Crippen LogP contribution in [0.5, 0.6) is 5.75 Å². The molecule has 0 fully saturated rings. The predicted molar refractivity (Wildman–Crippen MR) is 96.9 cm³/mol. The van der Waals surface area contributed by atoms with E-state index in [0.29, 0.717) is 18.7 Å². The van der Waals surface area contributed by atoms with E-state index in [0.717, 1.165) is 33.5 Å². The molecule has 4 nitrogen and oxygen atoms in total. The normalized spacial score (nSPS) is 10.8. The van der Waals surface area contributed by atoms with Gasteiger partial charge in [0.2, 0.25) is 0 Å². The Hall–Kier alpha value is -2.75. The molecule has 0 aliphatic carbocycles. The Kier molecular flexibility index (Phi) is 4.56. The van der Waals surface area contributed by atoms with Crippen LogP contribution in [0.1, 0.15) is 23.6 Å². The van der Waals surface area contributed by atoms with Crippen LogP contribution < -0.4 is 15.7 Å². The van der Waals surface area contributed by atoms with Gasteiger partial charge in [0.25, 0.3) is 0 Å². The molecular weight excluding hydrogens is 302 g/mol. The molecule has 0 saturated heterocycles. The summed E-state index contributed by atoms with van der Waals surface area (Å²) in [5.74, 6) is 0.847. The molecule has 1 aromatic heterocycles. The number of fused-ring (bicyclic) bond motifs is 1. The molecule has 0 spiro atoms. The van der Waals surface area contributed by atoms with Crippen molar-refractivity contribution in [1.29, 1.82) is 0 Å². The van der Waals surface area contributed by atoms with Gasteiger partial charge in [-0.25, -0.2) is 4.79 Å². The Balaban J connectivity index is 1.87. The van der Waals surface area contributed by atoms with E-state index in [4.69, 9.17) is 9.15 Å². The molecule has 0 unspecified atom stereocenters. The van der Waals surface area contributed by atoms with Gasteiger partial charge in [0.05, 0.1) is 6.61 Å². The van der Waals surface area contributed by atoms with Crippen molar-refractivity contribution in [3.8, 4) is 5.75 Å². The molecule has 124 valence electrons. The third-order valence-corrected chi connectivity index (χ3v) is 4.17. The Labute approximate surface area is 141 Å². The van der Waals surface area contributed by atoms with Crippen LogP contribution in [0.3, 0.4) is 0 Å². The van der Waals surface area contributed by atoms with E-state index in [2.05, 4.69) is 11.4 Å². The zero-order valence-electron chi connectivity index (χ0n) is 14.2. The van der Waals surface area contributed by atoms with E-state index in [-0.39, 0.29) is 5.63 Å². The number of benzene rings is 2. The maximum atomic E-state index is 11.9. The molecule has 0 aliphatic heterocycles. The Bertz CT molecular complexity index is 911. The van der Waals surface area contributed by atoms with Gasteiger partial charge in [-0.2, -0.15) is 0 Å². The third-order valence-electron chi connectivity index (χ3n) is 4.17. The summed E-state index contributed by atoms with van der Waals surface area (Å²) < 4.78 is 10.8. The fourth-order valence-corrected chi connectivity index (χ4v) is 2.70. The fourth-order valence-electron chi connectivity index (χ4n) is 2.70. The fraction of sp³-hybridized carbons (Fsp3) is 0.250. The molecule has 24 heavy (non-hydrogen) atoms. The van der Waals surface area contributed by atoms with Crippen molar-refractivity contribution in [2.24, 2.45) is 0 Å². The van der Waals surface area contributed by atoms with Gasteiger partial charge in [0.1, 0.15) is 11.3 Å². The molecule has 2 aromatic carbocycles. The van der Waals surface area contributed by atoms with Gasteiger partial charge >= 0.3 is 5.63 Å². The van der Waals surface area contributed by atoms with Gasteiger partial charge in [0, 0.05) is 23.7 Å². The summed E-state index contributed by atoms with van der Waals surface area (Å²) in [6.07, 6.45) is 0. The zero-order chi connectivity index (χ0) is 17.1. The number of rotatable bonds is 5. The van der Waals surface area contributed by atoms with Crippen molar-refractivity contribution in [2.75, 3.05) is 11.9 Å². The van der Waals surface area contributed by atoms with Crippen LogP contribution in [-0.2, 0) is 6.54 Å². The lowest BCUT2D eigenvalue weighted by Crippen LogP contribution is -2.06. The standard InChI is InChI=1S/C20H21NO3/c1-4-23-17-8-6-16(7-9-17)21-12-15-11-19(22)24-20-14(3)13(2)5-10-18(15)20/h5-11,21H,4,12H2,1-3H3. The van der Waals surface area contributed by atoms with E-state index < -0.39 is 0 Å². The second kappa shape index (κ2) is 6.79. The number of hydrogen-bond donors (Lipinski definition) is 1. The van der Waals surface area contributed by atoms with Gasteiger partial charge in [-0.1, -0.05) is 12.1 Å². The first-order chi connectivity index (χ1) is 11.6. The molecule has 3 aromatic rings. The highest BCUT2D eigenvalue weighted by Crippen LogP contribution is 2.24. The molecule has 1 N–H and O–H groups in total. The minimum Gasteiger partial charge on any atom is -0.494 e. The van der Waals surface area contributed by atoms with Crippen LogP contribution in [0.2, 0.25) is 0 Å². The summed E-state index contributed by atoms with van der Waals surface area (Å²) in [4.78, 5) is 11.9. The highest BCUT2D eigenvalue weighted by molar-refractivity contribution is 5.84. The largest absolute Gasteiger partial charge is 0.494 e. The lowest BCUT2D eigenvalue weighted by Gasteiger charge is -2.11. The number of aryl methyl sites for hydroxylation is 2. The van der Waals surface area contributed by atoms with Gasteiger partial charge in [-0.15, -0.1) is 0 Å². The zero-order valence-corrected chi connectivity index (χ0v) is 14.2. The molecule has 0 saturated carbocycles. The van der Waals surface area contributed by atoms with Gasteiger partial charge < -0.3 is 14.5 Å². The second-order valence-electron chi connectivity index (χ2n) is 5.79. The topological polar surface area (TPSA) is 51.5 Å². The van der Waals surface area contributed by atoms with E-state index in [1.54, 1.807) is 6.07 Å². The minimum atomic E-state index is -0.320. The van der Waals surface area contributed by atoms with Crippen molar-refractivity contribution < 1.29 is 9.15 Å². The Morgan fingerprint density at radius 3 is 2.54 bits per heavy atom. The summed E-state index contributed by atoms with van der Waals surface area (Å²) in [6, 6.07) is 13.4. The summed E-state index contributed by atoms with van der Waals surface area (Å²) in [5.41, 5.74) is 4.38. The first-order valence-electron chi connectivity index (χ1n) is 8.08. The number of hydrogen-bond acceptors (Lipinski definition) is 4. The Morgan fingerprint density at radius 1 is 1.08 bits per heavy atom. The van der Waals surface area contributed by atoms with Crippen molar-refractivity contribution in [3.63, 3.8) is 0 Å². The number of anilines is 1. The maximum Gasteiger partial charge on any atom is 0.336 e. The molecular formula is C20H21NO3. The van der Waals surface area contributed by atoms with E-state index in [1.165, 1.54) is 0 Å². The highest BCUT2D eigenvalue weighted by atomic mass is 16.5. The van der Waals surface area contributed by atoms with E-state index >= 15 is 0 Å². The quantitative estimate of drug-likeness (QED) is 0.706. The molecule has 0 aliphatic rings. The van der Waals surface area contributed by atoms with Crippen LogP contribution in [0, 0.1) is 13.8 Å². The number of ether oxygens (including phenoxy) is 1. The lowest BCUT2D eigenvalue weighted by molar-refractivity contribution is 0.340. The van der Waals surface area contributed by atoms with Crippen molar-refractivity contribution in [2.45, 2.75) is 27.3 Å². The third kappa shape index (κ3) is 3.27. The SMILES string of the molecule is CCOc1ccc(NCc2cc(=O)oc3c(C)c(C)ccc23)cc1. The minimum absolute atomic E-state index is 0.320. The molecule has 0 radical (unpaired) electrons. The second-order valence-corrected chi connectivity index (χ2v) is 5.79. The average molecular weight is 323 g/mol. The maximum absolute atomic E-state index is 11.9. The molecule has 0 amide bonds. The monoisotopic (exact) mass is 323 g/mol.